The lowest BCUT2D eigenvalue weighted by Crippen LogP contribution is -2.40. The molecule has 5 nitrogen and oxygen atoms in total. The highest BCUT2D eigenvalue weighted by molar-refractivity contribution is 7.89. The number of hydrogen-bond acceptors (Lipinski definition) is 3. The zero-order valence-electron chi connectivity index (χ0n) is 9.71. The maximum absolute atomic E-state index is 13.7. The molecular formula is C11H11ClFNO4S. The smallest absolute Gasteiger partial charge is 0.322 e. The average molecular weight is 308 g/mol. The van der Waals surface area contributed by atoms with Gasteiger partial charge < -0.3 is 5.11 Å². The van der Waals surface area contributed by atoms with Gasteiger partial charge in [-0.2, -0.15) is 4.31 Å². The molecule has 1 fully saturated rings. The summed E-state index contributed by atoms with van der Waals surface area (Å²) in [6.45, 7) is 0.0708. The van der Waals surface area contributed by atoms with Gasteiger partial charge in [-0.1, -0.05) is 11.6 Å². The van der Waals surface area contributed by atoms with Crippen LogP contribution in [0.1, 0.15) is 12.8 Å². The summed E-state index contributed by atoms with van der Waals surface area (Å²) < 4.78 is 39.0. The first-order valence-corrected chi connectivity index (χ1v) is 7.35. The number of halogens is 2. The van der Waals surface area contributed by atoms with Crippen molar-refractivity contribution in [2.45, 2.75) is 23.8 Å². The fourth-order valence-electron chi connectivity index (χ4n) is 2.09. The van der Waals surface area contributed by atoms with Crippen molar-refractivity contribution in [3.63, 3.8) is 0 Å². The van der Waals surface area contributed by atoms with Crippen molar-refractivity contribution >= 4 is 27.6 Å². The molecule has 0 bridgehead atoms. The van der Waals surface area contributed by atoms with Crippen LogP contribution in [0, 0.1) is 5.82 Å². The Morgan fingerprint density at radius 2 is 2.16 bits per heavy atom. The number of aliphatic carboxylic acids is 1. The van der Waals surface area contributed by atoms with Gasteiger partial charge in [0.25, 0.3) is 0 Å². The van der Waals surface area contributed by atoms with Gasteiger partial charge in [0.2, 0.25) is 10.0 Å². The van der Waals surface area contributed by atoms with Crippen molar-refractivity contribution < 1.29 is 22.7 Å². The summed E-state index contributed by atoms with van der Waals surface area (Å²) in [5.74, 6) is -2.21. The molecule has 1 aliphatic heterocycles. The SMILES string of the molecule is O=C(O)[C@@H]1CCCN1S(=O)(=O)c1ccc(Cl)cc1F. The van der Waals surface area contributed by atoms with E-state index in [1.807, 2.05) is 0 Å². The predicted molar refractivity (Wildman–Crippen MR) is 66.0 cm³/mol. The van der Waals surface area contributed by atoms with Gasteiger partial charge in [0, 0.05) is 11.6 Å². The van der Waals surface area contributed by atoms with Gasteiger partial charge in [-0.3, -0.25) is 4.79 Å². The molecule has 1 saturated heterocycles. The first-order valence-electron chi connectivity index (χ1n) is 5.54. The number of rotatable bonds is 3. The number of sulfonamides is 1. The molecule has 0 unspecified atom stereocenters. The van der Waals surface area contributed by atoms with Gasteiger partial charge in [-0.05, 0) is 31.0 Å². The predicted octanol–water partition coefficient (Wildman–Crippen LogP) is 1.72. The van der Waals surface area contributed by atoms with Crippen molar-refractivity contribution in [2.24, 2.45) is 0 Å². The van der Waals surface area contributed by atoms with E-state index in [9.17, 15) is 17.6 Å². The molecular weight excluding hydrogens is 297 g/mol. The van der Waals surface area contributed by atoms with Gasteiger partial charge in [-0.25, -0.2) is 12.8 Å². The van der Waals surface area contributed by atoms with E-state index in [1.165, 1.54) is 6.07 Å². The minimum atomic E-state index is -4.16. The van der Waals surface area contributed by atoms with Crippen LogP contribution in [0.3, 0.4) is 0 Å². The van der Waals surface area contributed by atoms with Gasteiger partial charge in [-0.15, -0.1) is 0 Å². The Kier molecular flexibility index (Phi) is 3.80. The van der Waals surface area contributed by atoms with E-state index in [-0.39, 0.29) is 18.0 Å². The number of hydrogen-bond donors (Lipinski definition) is 1. The van der Waals surface area contributed by atoms with Crippen LogP contribution in [0.5, 0.6) is 0 Å². The summed E-state index contributed by atoms with van der Waals surface area (Å²) in [7, 11) is -4.16. The highest BCUT2D eigenvalue weighted by atomic mass is 35.5. The number of nitrogens with zero attached hydrogens (tertiary/aromatic N) is 1. The molecule has 1 aromatic rings. The van der Waals surface area contributed by atoms with E-state index in [4.69, 9.17) is 16.7 Å². The fourth-order valence-corrected chi connectivity index (χ4v) is 3.94. The molecule has 1 heterocycles. The molecule has 19 heavy (non-hydrogen) atoms. The van der Waals surface area contributed by atoms with Crippen LogP contribution < -0.4 is 0 Å². The zero-order valence-corrected chi connectivity index (χ0v) is 11.3. The van der Waals surface area contributed by atoms with E-state index >= 15 is 0 Å². The Balaban J connectivity index is 2.45. The molecule has 0 saturated carbocycles. The molecule has 1 atom stereocenters. The molecule has 8 heteroatoms. The second-order valence-corrected chi connectivity index (χ2v) is 6.48. The van der Waals surface area contributed by atoms with Crippen molar-refractivity contribution in [1.82, 2.24) is 4.31 Å². The Labute approximate surface area is 114 Å². The number of benzene rings is 1. The molecule has 0 aromatic heterocycles. The molecule has 1 N–H and O–H groups in total. The summed E-state index contributed by atoms with van der Waals surface area (Å²) in [6.07, 6.45) is 0.662. The van der Waals surface area contributed by atoms with Crippen LogP contribution in [-0.2, 0) is 14.8 Å². The second kappa shape index (κ2) is 5.07. The zero-order chi connectivity index (χ0) is 14.2. The van der Waals surface area contributed by atoms with Gasteiger partial charge in [0.15, 0.2) is 0 Å². The molecule has 0 aliphatic carbocycles. The van der Waals surface area contributed by atoms with Gasteiger partial charge in [0.05, 0.1) is 0 Å². The first-order chi connectivity index (χ1) is 8.84. The average Bonchev–Trinajstić information content (AvgIpc) is 2.77. The quantitative estimate of drug-likeness (QED) is 0.922. The van der Waals surface area contributed by atoms with E-state index in [2.05, 4.69) is 0 Å². The van der Waals surface area contributed by atoms with Crippen molar-refractivity contribution in [1.29, 1.82) is 0 Å². The summed E-state index contributed by atoms with van der Waals surface area (Å²) in [5.41, 5.74) is 0. The molecule has 0 spiro atoms. The van der Waals surface area contributed by atoms with Crippen LogP contribution in [0.2, 0.25) is 5.02 Å². The second-order valence-electron chi connectivity index (χ2n) is 4.19. The normalized spacial score (nSPS) is 20.6. The van der Waals surface area contributed by atoms with Crippen LogP contribution in [0.25, 0.3) is 0 Å². The summed E-state index contributed by atoms with van der Waals surface area (Å²) in [6, 6.07) is 2.05. The number of carboxylic acid groups (broad SMARTS) is 1. The van der Waals surface area contributed by atoms with Crippen molar-refractivity contribution in [3.05, 3.63) is 29.0 Å². The minimum Gasteiger partial charge on any atom is -0.480 e. The number of carboxylic acids is 1. The molecule has 0 radical (unpaired) electrons. The summed E-state index contributed by atoms with van der Waals surface area (Å²) in [4.78, 5) is 10.5. The van der Waals surface area contributed by atoms with E-state index in [1.54, 1.807) is 0 Å². The fraction of sp³-hybridized carbons (Fsp3) is 0.364. The van der Waals surface area contributed by atoms with Gasteiger partial charge >= 0.3 is 5.97 Å². The Hall–Kier alpha value is -1.18. The monoisotopic (exact) mass is 307 g/mol. The molecule has 104 valence electrons. The maximum atomic E-state index is 13.7. The van der Waals surface area contributed by atoms with Crippen LogP contribution in [0.4, 0.5) is 4.39 Å². The Bertz CT molecular complexity index is 619. The number of carbonyl (C=O) groups is 1. The highest BCUT2D eigenvalue weighted by Crippen LogP contribution is 2.28. The lowest BCUT2D eigenvalue weighted by Gasteiger charge is -2.21. The maximum Gasteiger partial charge on any atom is 0.322 e. The third kappa shape index (κ3) is 2.58. The summed E-state index contributed by atoms with van der Waals surface area (Å²) in [5, 5.41) is 9.06. The summed E-state index contributed by atoms with van der Waals surface area (Å²) >= 11 is 5.56. The van der Waals surface area contributed by atoms with Gasteiger partial charge in [0.1, 0.15) is 16.8 Å². The van der Waals surface area contributed by atoms with Crippen molar-refractivity contribution in [3.8, 4) is 0 Å². The molecule has 1 aromatic carbocycles. The lowest BCUT2D eigenvalue weighted by molar-refractivity contribution is -0.140. The van der Waals surface area contributed by atoms with Crippen molar-refractivity contribution in [2.75, 3.05) is 6.54 Å². The Morgan fingerprint density at radius 1 is 1.47 bits per heavy atom. The third-order valence-corrected chi connectivity index (χ3v) is 5.15. The standard InChI is InChI=1S/C11H11ClFNO4S/c12-7-3-4-10(8(13)6-7)19(17,18)14-5-1-2-9(14)11(15)16/h3-4,6,9H,1-2,5H2,(H,15,16)/t9-/m0/s1. The lowest BCUT2D eigenvalue weighted by atomic mass is 10.2. The first kappa shape index (κ1) is 14.2. The van der Waals surface area contributed by atoms with Crippen LogP contribution >= 0.6 is 11.6 Å². The molecule has 1 aliphatic rings. The third-order valence-electron chi connectivity index (χ3n) is 2.97. The molecule has 2 rings (SSSR count). The van der Waals surface area contributed by atoms with E-state index in [0.29, 0.717) is 6.42 Å². The van der Waals surface area contributed by atoms with E-state index < -0.39 is 32.7 Å². The minimum absolute atomic E-state index is 0.0708. The Morgan fingerprint density at radius 3 is 2.74 bits per heavy atom. The van der Waals surface area contributed by atoms with Crippen LogP contribution in [-0.4, -0.2) is 36.4 Å². The largest absolute Gasteiger partial charge is 0.480 e. The van der Waals surface area contributed by atoms with E-state index in [0.717, 1.165) is 16.4 Å². The van der Waals surface area contributed by atoms with Crippen LogP contribution in [0.15, 0.2) is 23.1 Å². The molecule has 0 amide bonds. The topological polar surface area (TPSA) is 74.7 Å². The highest BCUT2D eigenvalue weighted by Gasteiger charge is 2.40.